The Kier molecular flexibility index (Phi) is 8.50. The summed E-state index contributed by atoms with van der Waals surface area (Å²) >= 11 is 1.34. The quantitative estimate of drug-likeness (QED) is 0.555. The number of nitrogens with zero attached hydrogens (tertiary/aromatic N) is 3. The zero-order chi connectivity index (χ0) is 23.1. The number of fused-ring (bicyclic) bond motifs is 3. The molecule has 0 radical (unpaired) electrons. The molecule has 3 rings (SSSR count). The Labute approximate surface area is 184 Å². The molecule has 0 spiro atoms. The van der Waals surface area contributed by atoms with Crippen molar-refractivity contribution in [3.8, 4) is 5.75 Å². The molecule has 0 aliphatic rings. The molecule has 0 saturated carbocycles. The van der Waals surface area contributed by atoms with Gasteiger partial charge in [-0.3, -0.25) is 9.59 Å². The number of aromatic nitrogens is 1. The normalized spacial score (nSPS) is 10.6. The van der Waals surface area contributed by atoms with Gasteiger partial charge in [0, 0.05) is 32.6 Å². The Morgan fingerprint density at radius 2 is 1.77 bits per heavy atom. The number of hydrogen-bond donors (Lipinski definition) is 0. The van der Waals surface area contributed by atoms with Crippen LogP contribution < -0.4 is 10.3 Å². The number of carbonyl (C=O) groups is 1. The third-order valence-corrected chi connectivity index (χ3v) is 6.48. The monoisotopic (exact) mass is 445 g/mol. The van der Waals surface area contributed by atoms with Gasteiger partial charge < -0.3 is 19.1 Å². The molecule has 0 fully saturated rings. The number of amides is 1. The van der Waals surface area contributed by atoms with E-state index in [0.717, 1.165) is 35.2 Å². The minimum Gasteiger partial charge on any atom is -0.494 e. The molecule has 2 heterocycles. The van der Waals surface area contributed by atoms with Crippen LogP contribution in [0.15, 0.2) is 29.1 Å². The van der Waals surface area contributed by atoms with Crippen molar-refractivity contribution in [2.75, 3.05) is 40.3 Å². The molecule has 2 aromatic heterocycles. The number of ether oxygens (including phenoxy) is 1. The van der Waals surface area contributed by atoms with Crippen LogP contribution in [0.4, 0.5) is 0 Å². The summed E-state index contributed by atoms with van der Waals surface area (Å²) in [5.74, 6) is 0.266. The summed E-state index contributed by atoms with van der Waals surface area (Å²) in [7, 11) is 5.06. The number of benzene rings is 1. The number of likely N-dealkylation sites (N-methyl/N-ethyl adjacent to an activating group) is 2. The highest BCUT2D eigenvalue weighted by molar-refractivity contribution is 7.22. The summed E-state index contributed by atoms with van der Waals surface area (Å²) in [6.07, 6.45) is 0.250. The molecule has 1 amide bonds. The Bertz CT molecular complexity index is 1160. The molecule has 8 nitrogen and oxygen atoms in total. The maximum Gasteiger partial charge on any atom is 0.373 e. The van der Waals surface area contributed by atoms with E-state index in [0.29, 0.717) is 22.6 Å². The summed E-state index contributed by atoms with van der Waals surface area (Å²) in [6, 6.07) is 7.74. The fraction of sp³-hybridized carbons (Fsp3) is 0.409. The van der Waals surface area contributed by atoms with E-state index < -0.39 is 0 Å². The second-order valence-corrected chi connectivity index (χ2v) is 7.91. The summed E-state index contributed by atoms with van der Waals surface area (Å²) in [5.41, 5.74) is 0.699. The van der Waals surface area contributed by atoms with Crippen molar-refractivity contribution in [1.29, 1.82) is 0 Å². The van der Waals surface area contributed by atoms with Gasteiger partial charge in [-0.1, -0.05) is 32.0 Å². The molecule has 31 heavy (non-hydrogen) atoms. The molecule has 0 unspecified atom stereocenters. The predicted octanol–water partition coefficient (Wildman–Crippen LogP) is 2.59. The topological polar surface area (TPSA) is 88.9 Å². The number of hydrogen-bond acceptors (Lipinski definition) is 7. The van der Waals surface area contributed by atoms with Crippen LogP contribution in [0.2, 0.25) is 0 Å². The number of thiophene rings is 1. The van der Waals surface area contributed by atoms with Crippen LogP contribution in [-0.2, 0) is 16.6 Å². The highest BCUT2D eigenvalue weighted by Crippen LogP contribution is 2.39. The van der Waals surface area contributed by atoms with Crippen molar-refractivity contribution in [3.05, 3.63) is 39.5 Å². The lowest BCUT2D eigenvalue weighted by molar-refractivity contribution is -0.191. The highest BCUT2D eigenvalue weighted by Gasteiger charge is 2.26. The lowest BCUT2D eigenvalue weighted by Crippen LogP contribution is -2.36. The zero-order valence-electron chi connectivity index (χ0n) is 18.4. The summed E-state index contributed by atoms with van der Waals surface area (Å²) < 4.78 is 7.98. The van der Waals surface area contributed by atoms with Gasteiger partial charge in [0.1, 0.15) is 10.3 Å². The summed E-state index contributed by atoms with van der Waals surface area (Å²) in [4.78, 5) is 46.8. The molecule has 9 heteroatoms. The molecule has 0 aliphatic heterocycles. The van der Waals surface area contributed by atoms with Gasteiger partial charge in [0.25, 0.3) is 11.5 Å². The van der Waals surface area contributed by atoms with Gasteiger partial charge >= 0.3 is 6.15 Å². The number of methoxy groups -OCH3 is 1. The summed E-state index contributed by atoms with van der Waals surface area (Å²) in [5, 5.41) is 1.43. The molecule has 0 saturated heterocycles. The highest BCUT2D eigenvalue weighted by atomic mass is 32.1. The van der Waals surface area contributed by atoms with E-state index in [1.165, 1.54) is 18.4 Å². The Balaban J connectivity index is 0.00000107. The van der Waals surface area contributed by atoms with Crippen molar-refractivity contribution < 1.29 is 19.1 Å². The van der Waals surface area contributed by atoms with E-state index in [-0.39, 0.29) is 17.6 Å². The summed E-state index contributed by atoms with van der Waals surface area (Å²) in [6.45, 7) is 7.56. The molecule has 0 N–H and O–H groups in total. The maximum atomic E-state index is 13.1. The van der Waals surface area contributed by atoms with Crippen LogP contribution >= 0.6 is 11.3 Å². The van der Waals surface area contributed by atoms with Gasteiger partial charge in [-0.25, -0.2) is 0 Å². The van der Waals surface area contributed by atoms with Gasteiger partial charge in [0.2, 0.25) is 0 Å². The number of aryl methyl sites for hydroxylation is 1. The molecule has 0 bridgehead atoms. The lowest BCUT2D eigenvalue weighted by atomic mass is 10.1. The zero-order valence-corrected chi connectivity index (χ0v) is 19.2. The van der Waals surface area contributed by atoms with Crippen LogP contribution in [-0.4, -0.2) is 66.8 Å². The number of pyridine rings is 1. The number of carbonyl (C=O) groups excluding carboxylic acids is 3. The maximum absolute atomic E-state index is 13.1. The van der Waals surface area contributed by atoms with Crippen LogP contribution in [0.3, 0.4) is 0 Å². The van der Waals surface area contributed by atoms with E-state index in [9.17, 15) is 9.59 Å². The van der Waals surface area contributed by atoms with Crippen molar-refractivity contribution in [2.24, 2.45) is 7.05 Å². The van der Waals surface area contributed by atoms with Crippen LogP contribution in [0.25, 0.3) is 21.0 Å². The van der Waals surface area contributed by atoms with Crippen LogP contribution in [0.5, 0.6) is 5.75 Å². The van der Waals surface area contributed by atoms with Crippen molar-refractivity contribution in [3.63, 3.8) is 0 Å². The second-order valence-electron chi connectivity index (χ2n) is 6.89. The van der Waals surface area contributed by atoms with E-state index in [2.05, 4.69) is 18.7 Å². The largest absolute Gasteiger partial charge is 0.494 e. The first-order valence-corrected chi connectivity index (χ1v) is 10.7. The van der Waals surface area contributed by atoms with Crippen molar-refractivity contribution in [2.45, 2.75) is 13.8 Å². The molecule has 1 aromatic carbocycles. The van der Waals surface area contributed by atoms with E-state index in [4.69, 9.17) is 14.3 Å². The minimum atomic E-state index is -0.147. The Morgan fingerprint density at radius 3 is 2.35 bits per heavy atom. The molecular formula is C22H27N3O5S. The third-order valence-electron chi connectivity index (χ3n) is 5.28. The first-order chi connectivity index (χ1) is 14.9. The third kappa shape index (κ3) is 4.85. The number of para-hydroxylation sites is 1. The van der Waals surface area contributed by atoms with Crippen LogP contribution in [0.1, 0.15) is 23.5 Å². The molecule has 0 aliphatic carbocycles. The molecular weight excluding hydrogens is 418 g/mol. The molecule has 3 aromatic rings. The second kappa shape index (κ2) is 10.9. The Morgan fingerprint density at radius 1 is 1.16 bits per heavy atom. The standard InChI is InChI=1S/C21H27N3O3S.CO2/c1-6-24(7-2)13-12-22(3)21(26)19-17(27-5)16-18(28-19)14-10-8-9-11-15(14)23(4)20(16)25;2-1-3/h8-11H,6-7,12-13H2,1-5H3;. The molecule has 166 valence electrons. The SMILES string of the molecule is CCN(CC)CCN(C)C(=O)c1sc2c(c1OC)c(=O)n(C)c1ccccc21.O=C=O. The van der Waals surface area contributed by atoms with E-state index in [1.54, 1.807) is 23.6 Å². The first-order valence-electron chi connectivity index (χ1n) is 9.91. The van der Waals surface area contributed by atoms with E-state index >= 15 is 0 Å². The van der Waals surface area contributed by atoms with Crippen molar-refractivity contribution >= 4 is 44.4 Å². The van der Waals surface area contributed by atoms with E-state index in [1.807, 2.05) is 24.3 Å². The lowest BCUT2D eigenvalue weighted by Gasteiger charge is -2.23. The molecule has 0 atom stereocenters. The van der Waals surface area contributed by atoms with Gasteiger partial charge in [0.15, 0.2) is 5.75 Å². The smallest absolute Gasteiger partial charge is 0.373 e. The van der Waals surface area contributed by atoms with Gasteiger partial charge in [0.05, 0.1) is 17.3 Å². The van der Waals surface area contributed by atoms with Gasteiger partial charge in [-0.05, 0) is 19.2 Å². The minimum absolute atomic E-state index is 0.114. The van der Waals surface area contributed by atoms with Crippen molar-refractivity contribution in [1.82, 2.24) is 14.4 Å². The Hall–Kier alpha value is -3.00. The van der Waals surface area contributed by atoms with Gasteiger partial charge in [-0.15, -0.1) is 11.3 Å². The van der Waals surface area contributed by atoms with Crippen LogP contribution in [0, 0.1) is 0 Å². The average Bonchev–Trinajstić information content (AvgIpc) is 3.18. The average molecular weight is 446 g/mol. The number of rotatable bonds is 7. The fourth-order valence-corrected chi connectivity index (χ4v) is 4.77. The first kappa shape index (κ1) is 24.3. The predicted molar refractivity (Wildman–Crippen MR) is 121 cm³/mol. The fourth-order valence-electron chi connectivity index (χ4n) is 3.48. The van der Waals surface area contributed by atoms with Gasteiger partial charge in [-0.2, -0.15) is 9.59 Å².